The molecule has 1 aromatic carbocycles. The van der Waals surface area contributed by atoms with Crippen LogP contribution in [0.15, 0.2) is 18.2 Å². The summed E-state index contributed by atoms with van der Waals surface area (Å²) in [6.45, 7) is 1.91. The smallest absolute Gasteiger partial charge is 0.330 e. The van der Waals surface area contributed by atoms with Crippen LogP contribution in [0.1, 0.15) is 22.9 Å². The summed E-state index contributed by atoms with van der Waals surface area (Å²) in [7, 11) is 2.81. The van der Waals surface area contributed by atoms with E-state index in [0.717, 1.165) is 11.1 Å². The van der Waals surface area contributed by atoms with E-state index in [0.29, 0.717) is 5.75 Å². The van der Waals surface area contributed by atoms with Gasteiger partial charge in [-0.3, -0.25) is 0 Å². The Morgan fingerprint density at radius 3 is 2.61 bits per heavy atom. The maximum absolute atomic E-state index is 11.1. The summed E-state index contributed by atoms with van der Waals surface area (Å²) in [6, 6.07) is 3.24. The second-order valence-electron chi connectivity index (χ2n) is 3.59. The number of esters is 1. The Morgan fingerprint density at radius 1 is 1.44 bits per heavy atom. The Labute approximate surface area is 114 Å². The molecule has 0 heterocycles. The number of hydrogen-bond acceptors (Lipinski definition) is 4. The average molecular weight is 315 g/mol. The quantitative estimate of drug-likeness (QED) is 0.527. The minimum Gasteiger partial charge on any atom is -0.504 e. The van der Waals surface area contributed by atoms with Gasteiger partial charge in [-0.15, -0.1) is 0 Å². The second kappa shape index (κ2) is 6.44. The number of phenols is 1. The molecule has 0 saturated heterocycles. The Hall–Kier alpha value is -1.49. The Bertz CT molecular complexity index is 466. The van der Waals surface area contributed by atoms with E-state index in [-0.39, 0.29) is 10.6 Å². The van der Waals surface area contributed by atoms with Gasteiger partial charge in [0, 0.05) is 16.5 Å². The number of alkyl halides is 1. The van der Waals surface area contributed by atoms with Crippen molar-refractivity contribution in [1.82, 2.24) is 0 Å². The summed E-state index contributed by atoms with van der Waals surface area (Å²) in [6.07, 6.45) is 2.95. The molecule has 0 radical (unpaired) electrons. The molecule has 1 N–H and O–H groups in total. The minimum absolute atomic E-state index is 0.0307. The second-order valence-corrected chi connectivity index (χ2v) is 4.97. The SMILES string of the molecule is COC(=O)C=Cc1ccc(O)c(OC)c1C(C)Br. The zero-order valence-corrected chi connectivity index (χ0v) is 12.0. The van der Waals surface area contributed by atoms with E-state index < -0.39 is 5.97 Å². The van der Waals surface area contributed by atoms with E-state index in [1.54, 1.807) is 12.1 Å². The summed E-state index contributed by atoms with van der Waals surface area (Å²) in [4.78, 5) is 11.1. The highest BCUT2D eigenvalue weighted by molar-refractivity contribution is 9.09. The van der Waals surface area contributed by atoms with E-state index >= 15 is 0 Å². The summed E-state index contributed by atoms with van der Waals surface area (Å²) in [5.74, 6) is 0.0237. The van der Waals surface area contributed by atoms with Gasteiger partial charge in [-0.2, -0.15) is 0 Å². The van der Waals surface area contributed by atoms with Crippen molar-refractivity contribution < 1.29 is 19.4 Å². The molecule has 1 aromatic rings. The minimum atomic E-state index is -0.435. The van der Waals surface area contributed by atoms with Crippen LogP contribution < -0.4 is 4.74 Å². The summed E-state index contributed by atoms with van der Waals surface area (Å²) in [5, 5.41) is 9.73. The number of hydrogen-bond donors (Lipinski definition) is 1. The molecule has 0 aromatic heterocycles. The van der Waals surface area contributed by atoms with Crippen LogP contribution in [0.25, 0.3) is 6.08 Å². The van der Waals surface area contributed by atoms with Crippen LogP contribution in [0.2, 0.25) is 0 Å². The summed E-state index contributed by atoms with van der Waals surface area (Å²) < 4.78 is 9.72. The van der Waals surface area contributed by atoms with Gasteiger partial charge in [0.1, 0.15) is 0 Å². The van der Waals surface area contributed by atoms with Gasteiger partial charge < -0.3 is 14.6 Å². The first-order valence-corrected chi connectivity index (χ1v) is 6.22. The lowest BCUT2D eigenvalue weighted by Crippen LogP contribution is -1.98. The van der Waals surface area contributed by atoms with E-state index in [1.807, 2.05) is 6.92 Å². The highest BCUT2D eigenvalue weighted by Gasteiger charge is 2.16. The first-order valence-electron chi connectivity index (χ1n) is 5.31. The molecular formula is C13H15BrO4. The monoisotopic (exact) mass is 314 g/mol. The molecule has 0 fully saturated rings. The van der Waals surface area contributed by atoms with Gasteiger partial charge in [0.05, 0.1) is 14.2 Å². The highest BCUT2D eigenvalue weighted by Crippen LogP contribution is 2.40. The van der Waals surface area contributed by atoms with Crippen molar-refractivity contribution in [3.8, 4) is 11.5 Å². The lowest BCUT2D eigenvalue weighted by atomic mass is 10.0. The number of carbonyl (C=O) groups excluding carboxylic acids is 1. The van der Waals surface area contributed by atoms with Gasteiger partial charge in [-0.05, 0) is 24.6 Å². The number of rotatable bonds is 4. The lowest BCUT2D eigenvalue weighted by Gasteiger charge is -2.15. The molecule has 0 aliphatic rings. The number of halogens is 1. The van der Waals surface area contributed by atoms with Crippen LogP contribution in [0, 0.1) is 0 Å². The van der Waals surface area contributed by atoms with Crippen molar-refractivity contribution in [2.45, 2.75) is 11.8 Å². The predicted molar refractivity (Wildman–Crippen MR) is 73.1 cm³/mol. The largest absolute Gasteiger partial charge is 0.504 e. The van der Waals surface area contributed by atoms with Gasteiger partial charge in [0.2, 0.25) is 0 Å². The zero-order valence-electron chi connectivity index (χ0n) is 10.4. The molecule has 18 heavy (non-hydrogen) atoms. The number of benzene rings is 1. The predicted octanol–water partition coefficient (Wildman–Crippen LogP) is 3.04. The van der Waals surface area contributed by atoms with E-state index in [4.69, 9.17) is 4.74 Å². The molecule has 0 saturated carbocycles. The zero-order chi connectivity index (χ0) is 13.7. The van der Waals surface area contributed by atoms with Crippen LogP contribution in [0.5, 0.6) is 11.5 Å². The van der Waals surface area contributed by atoms with Gasteiger partial charge in [0.25, 0.3) is 0 Å². The Kier molecular flexibility index (Phi) is 5.22. The van der Waals surface area contributed by atoms with Crippen LogP contribution in [-0.4, -0.2) is 25.3 Å². The van der Waals surface area contributed by atoms with Crippen LogP contribution in [0.4, 0.5) is 0 Å². The van der Waals surface area contributed by atoms with Crippen molar-refractivity contribution in [3.05, 3.63) is 29.3 Å². The summed E-state index contributed by atoms with van der Waals surface area (Å²) >= 11 is 3.44. The number of aromatic hydroxyl groups is 1. The summed E-state index contributed by atoms with van der Waals surface area (Å²) in [5.41, 5.74) is 1.55. The average Bonchev–Trinajstić information content (AvgIpc) is 2.35. The van der Waals surface area contributed by atoms with Crippen LogP contribution >= 0.6 is 15.9 Å². The van der Waals surface area contributed by atoms with Crippen molar-refractivity contribution in [3.63, 3.8) is 0 Å². The molecule has 1 rings (SSSR count). The molecule has 0 bridgehead atoms. The fourth-order valence-electron chi connectivity index (χ4n) is 1.60. The van der Waals surface area contributed by atoms with Crippen molar-refractivity contribution in [1.29, 1.82) is 0 Å². The fourth-order valence-corrected chi connectivity index (χ4v) is 2.07. The van der Waals surface area contributed by atoms with Crippen LogP contribution in [-0.2, 0) is 9.53 Å². The lowest BCUT2D eigenvalue weighted by molar-refractivity contribution is -0.134. The molecule has 0 amide bonds. The maximum atomic E-state index is 11.1. The van der Waals surface area contributed by atoms with Crippen molar-refractivity contribution >= 4 is 28.0 Å². The normalized spacial score (nSPS) is 12.4. The van der Waals surface area contributed by atoms with Gasteiger partial charge in [-0.25, -0.2) is 4.79 Å². The third-order valence-corrected chi connectivity index (χ3v) is 2.87. The molecule has 98 valence electrons. The molecule has 0 spiro atoms. The number of carbonyl (C=O) groups is 1. The Balaban J connectivity index is 3.27. The maximum Gasteiger partial charge on any atom is 0.330 e. The van der Waals surface area contributed by atoms with E-state index in [9.17, 15) is 9.90 Å². The van der Waals surface area contributed by atoms with Crippen molar-refractivity contribution in [2.24, 2.45) is 0 Å². The standard InChI is InChI=1S/C13H15BrO4/c1-8(14)12-9(5-7-11(16)17-2)4-6-10(15)13(12)18-3/h4-8,15H,1-3H3. The first kappa shape index (κ1) is 14.6. The topological polar surface area (TPSA) is 55.8 Å². The first-order chi connectivity index (χ1) is 8.51. The van der Waals surface area contributed by atoms with Gasteiger partial charge in [-0.1, -0.05) is 22.0 Å². The molecule has 1 atom stereocenters. The number of ether oxygens (including phenoxy) is 2. The number of methoxy groups -OCH3 is 2. The highest BCUT2D eigenvalue weighted by atomic mass is 79.9. The van der Waals surface area contributed by atoms with Crippen LogP contribution in [0.3, 0.4) is 0 Å². The van der Waals surface area contributed by atoms with E-state index in [2.05, 4.69) is 20.7 Å². The molecule has 5 heteroatoms. The number of phenolic OH excluding ortho intramolecular Hbond substituents is 1. The van der Waals surface area contributed by atoms with E-state index in [1.165, 1.54) is 26.4 Å². The molecule has 0 aliphatic heterocycles. The molecule has 4 nitrogen and oxygen atoms in total. The molecule has 0 aliphatic carbocycles. The molecular weight excluding hydrogens is 300 g/mol. The third-order valence-electron chi connectivity index (χ3n) is 2.41. The third kappa shape index (κ3) is 3.26. The fraction of sp³-hybridized carbons (Fsp3) is 0.308. The molecule has 1 unspecified atom stereocenters. The van der Waals surface area contributed by atoms with Gasteiger partial charge in [0.15, 0.2) is 11.5 Å². The van der Waals surface area contributed by atoms with Gasteiger partial charge >= 0.3 is 5.97 Å². The van der Waals surface area contributed by atoms with Crippen molar-refractivity contribution in [2.75, 3.05) is 14.2 Å². The Morgan fingerprint density at radius 2 is 2.11 bits per heavy atom.